The van der Waals surface area contributed by atoms with Crippen LogP contribution in [0.4, 0.5) is 0 Å². The molecule has 1 aromatic rings. The van der Waals surface area contributed by atoms with E-state index in [0.29, 0.717) is 0 Å². The average molecular weight is 217 g/mol. The summed E-state index contributed by atoms with van der Waals surface area (Å²) in [6, 6.07) is 8.45. The van der Waals surface area contributed by atoms with Gasteiger partial charge in [-0.1, -0.05) is 44.0 Å². The van der Waals surface area contributed by atoms with Crippen molar-refractivity contribution in [2.24, 2.45) is 0 Å². The Morgan fingerprint density at radius 1 is 1.25 bits per heavy atom. The van der Waals surface area contributed by atoms with E-state index in [1.165, 1.54) is 30.4 Å². The lowest BCUT2D eigenvalue weighted by Gasteiger charge is -2.19. The second-order valence-corrected chi connectivity index (χ2v) is 4.18. The smallest absolute Gasteiger partial charge is 0.112 e. The van der Waals surface area contributed by atoms with Gasteiger partial charge < -0.3 is 4.84 Å². The normalized spacial score (nSPS) is 15.3. The first kappa shape index (κ1) is 11.2. The molecule has 0 fully saturated rings. The van der Waals surface area contributed by atoms with Crippen LogP contribution in [0, 0.1) is 0 Å². The van der Waals surface area contributed by atoms with Gasteiger partial charge in [-0.3, -0.25) is 0 Å². The molecule has 16 heavy (non-hydrogen) atoms. The number of hydrogen-bond acceptors (Lipinski definition) is 2. The van der Waals surface area contributed by atoms with E-state index in [1.54, 1.807) is 6.26 Å². The number of nitrogens with zero attached hydrogens (tertiary/aromatic N) is 1. The second-order valence-electron chi connectivity index (χ2n) is 4.18. The van der Waals surface area contributed by atoms with Gasteiger partial charge in [0.2, 0.25) is 0 Å². The third-order valence-corrected chi connectivity index (χ3v) is 2.87. The SMILES string of the molecule is CCCCCN1Cc2ccccc2C=CO1. The number of unbranched alkanes of at least 4 members (excludes halogenated alkanes) is 2. The van der Waals surface area contributed by atoms with E-state index >= 15 is 0 Å². The van der Waals surface area contributed by atoms with E-state index < -0.39 is 0 Å². The largest absolute Gasteiger partial charge is 0.413 e. The quantitative estimate of drug-likeness (QED) is 0.714. The minimum Gasteiger partial charge on any atom is -0.413 e. The molecule has 0 radical (unpaired) electrons. The van der Waals surface area contributed by atoms with Crippen molar-refractivity contribution < 1.29 is 4.84 Å². The maximum absolute atomic E-state index is 5.58. The van der Waals surface area contributed by atoms with E-state index in [2.05, 4.69) is 31.2 Å². The molecule has 0 unspecified atom stereocenters. The molecule has 1 aliphatic rings. The second kappa shape index (κ2) is 5.71. The number of hydroxylamine groups is 2. The Labute approximate surface area is 97.5 Å². The topological polar surface area (TPSA) is 12.5 Å². The summed E-state index contributed by atoms with van der Waals surface area (Å²) in [5.41, 5.74) is 2.60. The van der Waals surface area contributed by atoms with Crippen LogP contribution in [0.25, 0.3) is 6.08 Å². The Bertz CT molecular complexity index is 360. The van der Waals surface area contributed by atoms with Gasteiger partial charge in [-0.2, -0.15) is 0 Å². The van der Waals surface area contributed by atoms with Crippen LogP contribution in [0.2, 0.25) is 0 Å². The fraction of sp³-hybridized carbons (Fsp3) is 0.429. The van der Waals surface area contributed by atoms with Crippen molar-refractivity contribution >= 4 is 6.08 Å². The first-order valence-corrected chi connectivity index (χ1v) is 6.06. The Morgan fingerprint density at radius 3 is 3.00 bits per heavy atom. The van der Waals surface area contributed by atoms with Crippen LogP contribution in [0.5, 0.6) is 0 Å². The minimum atomic E-state index is 0.882. The highest BCUT2D eigenvalue weighted by molar-refractivity contribution is 5.53. The molecule has 0 aromatic heterocycles. The number of hydrogen-bond donors (Lipinski definition) is 0. The van der Waals surface area contributed by atoms with E-state index in [-0.39, 0.29) is 0 Å². The third kappa shape index (κ3) is 2.86. The van der Waals surface area contributed by atoms with Gasteiger partial charge in [0, 0.05) is 6.54 Å². The zero-order valence-corrected chi connectivity index (χ0v) is 9.86. The van der Waals surface area contributed by atoms with Crippen LogP contribution in [-0.2, 0) is 11.4 Å². The highest BCUT2D eigenvalue weighted by Gasteiger charge is 2.10. The Kier molecular flexibility index (Phi) is 4.00. The first-order valence-electron chi connectivity index (χ1n) is 6.06. The van der Waals surface area contributed by atoms with Crippen molar-refractivity contribution in [2.45, 2.75) is 32.7 Å². The first-order chi connectivity index (χ1) is 7.90. The summed E-state index contributed by atoms with van der Waals surface area (Å²) in [7, 11) is 0. The van der Waals surface area contributed by atoms with Crippen molar-refractivity contribution in [3.63, 3.8) is 0 Å². The summed E-state index contributed by atoms with van der Waals surface area (Å²) in [6.07, 6.45) is 7.55. The zero-order valence-electron chi connectivity index (χ0n) is 9.86. The summed E-state index contributed by atoms with van der Waals surface area (Å²) in [5, 5.41) is 2.04. The lowest BCUT2D eigenvalue weighted by atomic mass is 10.1. The maximum Gasteiger partial charge on any atom is 0.112 e. The summed E-state index contributed by atoms with van der Waals surface area (Å²) in [5.74, 6) is 0. The number of fused-ring (bicyclic) bond motifs is 1. The van der Waals surface area contributed by atoms with E-state index in [4.69, 9.17) is 4.84 Å². The molecule has 0 atom stereocenters. The molecular weight excluding hydrogens is 198 g/mol. The molecule has 2 heteroatoms. The molecule has 1 aliphatic heterocycles. The standard InChI is InChI=1S/C14H19NO/c1-2-3-6-10-15-12-14-8-5-4-7-13(14)9-11-16-15/h4-5,7-9,11H,2-3,6,10,12H2,1H3. The molecule has 0 spiro atoms. The Morgan fingerprint density at radius 2 is 2.12 bits per heavy atom. The van der Waals surface area contributed by atoms with Crippen LogP contribution < -0.4 is 0 Å². The summed E-state index contributed by atoms with van der Waals surface area (Å²) in [4.78, 5) is 5.58. The summed E-state index contributed by atoms with van der Waals surface area (Å²) in [6.45, 7) is 4.11. The fourth-order valence-electron chi connectivity index (χ4n) is 1.93. The van der Waals surface area contributed by atoms with Gasteiger partial charge in [-0.05, 0) is 23.6 Å². The third-order valence-electron chi connectivity index (χ3n) is 2.87. The van der Waals surface area contributed by atoms with Gasteiger partial charge in [0.15, 0.2) is 0 Å². The molecule has 0 amide bonds. The molecule has 0 bridgehead atoms. The predicted molar refractivity (Wildman–Crippen MR) is 66.5 cm³/mol. The average Bonchev–Trinajstić information content (AvgIpc) is 2.51. The number of rotatable bonds is 4. The van der Waals surface area contributed by atoms with Crippen molar-refractivity contribution in [3.8, 4) is 0 Å². The molecule has 0 aliphatic carbocycles. The Balaban J connectivity index is 1.98. The predicted octanol–water partition coefficient (Wildman–Crippen LogP) is 3.59. The van der Waals surface area contributed by atoms with Crippen LogP contribution in [0.15, 0.2) is 30.5 Å². The van der Waals surface area contributed by atoms with E-state index in [1.807, 2.05) is 11.1 Å². The van der Waals surface area contributed by atoms with Crippen molar-refractivity contribution in [1.82, 2.24) is 5.06 Å². The van der Waals surface area contributed by atoms with Gasteiger partial charge in [-0.15, -0.1) is 5.06 Å². The van der Waals surface area contributed by atoms with Gasteiger partial charge in [0.05, 0.1) is 6.54 Å². The van der Waals surface area contributed by atoms with E-state index in [0.717, 1.165) is 13.1 Å². The Hall–Kier alpha value is -1.28. The molecule has 2 rings (SSSR count). The van der Waals surface area contributed by atoms with Crippen molar-refractivity contribution in [1.29, 1.82) is 0 Å². The van der Waals surface area contributed by atoms with Gasteiger partial charge in [0.25, 0.3) is 0 Å². The minimum absolute atomic E-state index is 0.882. The molecule has 1 heterocycles. The molecule has 0 N–H and O–H groups in total. The lowest BCUT2D eigenvalue weighted by molar-refractivity contribution is -0.110. The highest BCUT2D eigenvalue weighted by atomic mass is 16.7. The van der Waals surface area contributed by atoms with Crippen molar-refractivity contribution in [2.75, 3.05) is 6.54 Å². The van der Waals surface area contributed by atoms with Gasteiger partial charge >= 0.3 is 0 Å². The van der Waals surface area contributed by atoms with Crippen molar-refractivity contribution in [3.05, 3.63) is 41.7 Å². The fourth-order valence-corrected chi connectivity index (χ4v) is 1.93. The molecular formula is C14H19NO. The molecule has 2 nitrogen and oxygen atoms in total. The van der Waals surface area contributed by atoms with Crippen LogP contribution in [0.3, 0.4) is 0 Å². The van der Waals surface area contributed by atoms with Crippen LogP contribution in [0.1, 0.15) is 37.3 Å². The summed E-state index contributed by atoms with van der Waals surface area (Å²) < 4.78 is 0. The summed E-state index contributed by atoms with van der Waals surface area (Å²) >= 11 is 0. The van der Waals surface area contributed by atoms with Gasteiger partial charge in [0.1, 0.15) is 6.26 Å². The van der Waals surface area contributed by atoms with Crippen LogP contribution in [-0.4, -0.2) is 11.6 Å². The molecule has 1 aromatic carbocycles. The zero-order chi connectivity index (χ0) is 11.2. The maximum atomic E-state index is 5.58. The monoisotopic (exact) mass is 217 g/mol. The molecule has 86 valence electrons. The number of benzene rings is 1. The highest BCUT2D eigenvalue weighted by Crippen LogP contribution is 2.17. The molecule has 0 saturated carbocycles. The lowest BCUT2D eigenvalue weighted by Crippen LogP contribution is -2.22. The van der Waals surface area contributed by atoms with Gasteiger partial charge in [-0.25, -0.2) is 0 Å². The van der Waals surface area contributed by atoms with Crippen LogP contribution >= 0.6 is 0 Å². The van der Waals surface area contributed by atoms with E-state index in [9.17, 15) is 0 Å². The molecule has 0 saturated heterocycles.